The molecule has 0 fully saturated rings. The Morgan fingerprint density at radius 2 is 1.80 bits per heavy atom. The molecule has 0 heterocycles. The SMILES string of the molecule is CCC(CBr)COCCOCCCOC. The van der Waals surface area contributed by atoms with Gasteiger partial charge >= 0.3 is 0 Å². The van der Waals surface area contributed by atoms with Gasteiger partial charge in [-0.3, -0.25) is 0 Å². The highest BCUT2D eigenvalue weighted by Crippen LogP contribution is 2.06. The molecule has 0 rings (SSSR count). The van der Waals surface area contributed by atoms with Crippen molar-refractivity contribution >= 4 is 15.9 Å². The van der Waals surface area contributed by atoms with Gasteiger partial charge in [0.1, 0.15) is 0 Å². The maximum absolute atomic E-state index is 5.50. The van der Waals surface area contributed by atoms with Gasteiger partial charge in [-0.15, -0.1) is 0 Å². The van der Waals surface area contributed by atoms with Gasteiger partial charge in [0, 0.05) is 25.7 Å². The first kappa shape index (κ1) is 15.4. The zero-order valence-electron chi connectivity index (χ0n) is 9.84. The Bertz CT molecular complexity index is 118. The standard InChI is InChI=1S/C11H23BrO3/c1-3-11(9-12)10-15-8-7-14-6-4-5-13-2/h11H,3-10H2,1-2H3. The number of rotatable bonds is 11. The zero-order chi connectivity index (χ0) is 11.4. The lowest BCUT2D eigenvalue weighted by Gasteiger charge is -2.11. The van der Waals surface area contributed by atoms with Crippen molar-refractivity contribution < 1.29 is 14.2 Å². The molecule has 0 spiro atoms. The lowest BCUT2D eigenvalue weighted by atomic mass is 10.1. The van der Waals surface area contributed by atoms with Crippen molar-refractivity contribution in [2.45, 2.75) is 19.8 Å². The van der Waals surface area contributed by atoms with Gasteiger partial charge in [-0.05, 0) is 12.3 Å². The molecule has 92 valence electrons. The number of methoxy groups -OCH3 is 1. The molecule has 1 atom stereocenters. The van der Waals surface area contributed by atoms with Crippen LogP contribution in [0.15, 0.2) is 0 Å². The van der Waals surface area contributed by atoms with Gasteiger partial charge < -0.3 is 14.2 Å². The maximum Gasteiger partial charge on any atom is 0.0700 e. The van der Waals surface area contributed by atoms with Gasteiger partial charge in [0.15, 0.2) is 0 Å². The Hall–Kier alpha value is 0.360. The van der Waals surface area contributed by atoms with Crippen molar-refractivity contribution in [2.75, 3.05) is 45.5 Å². The summed E-state index contributed by atoms with van der Waals surface area (Å²) in [4.78, 5) is 0. The minimum Gasteiger partial charge on any atom is -0.385 e. The molecular formula is C11H23BrO3. The van der Waals surface area contributed by atoms with Crippen LogP contribution in [0, 0.1) is 5.92 Å². The minimum atomic E-state index is 0.624. The third kappa shape index (κ3) is 10.6. The first-order valence-electron chi connectivity index (χ1n) is 5.55. The molecule has 0 amide bonds. The fourth-order valence-corrected chi connectivity index (χ4v) is 1.69. The third-order valence-corrected chi connectivity index (χ3v) is 3.07. The normalized spacial score (nSPS) is 13.0. The van der Waals surface area contributed by atoms with Crippen LogP contribution >= 0.6 is 15.9 Å². The molecular weight excluding hydrogens is 260 g/mol. The summed E-state index contributed by atoms with van der Waals surface area (Å²) in [5.41, 5.74) is 0. The van der Waals surface area contributed by atoms with Crippen LogP contribution in [0.25, 0.3) is 0 Å². The first-order valence-corrected chi connectivity index (χ1v) is 6.67. The minimum absolute atomic E-state index is 0.624. The highest BCUT2D eigenvalue weighted by Gasteiger charge is 2.03. The van der Waals surface area contributed by atoms with Crippen molar-refractivity contribution in [3.8, 4) is 0 Å². The lowest BCUT2D eigenvalue weighted by Crippen LogP contribution is -2.13. The van der Waals surface area contributed by atoms with E-state index < -0.39 is 0 Å². The van der Waals surface area contributed by atoms with Crippen molar-refractivity contribution in [3.63, 3.8) is 0 Å². The molecule has 0 saturated carbocycles. The molecule has 0 saturated heterocycles. The molecule has 0 aliphatic carbocycles. The second-order valence-corrected chi connectivity index (χ2v) is 4.11. The number of ether oxygens (including phenoxy) is 3. The summed E-state index contributed by atoms with van der Waals surface area (Å²) in [6.45, 7) is 5.90. The van der Waals surface area contributed by atoms with Crippen LogP contribution in [0.4, 0.5) is 0 Å². The number of alkyl halides is 1. The van der Waals surface area contributed by atoms with E-state index in [0.29, 0.717) is 19.1 Å². The molecule has 1 unspecified atom stereocenters. The van der Waals surface area contributed by atoms with E-state index in [-0.39, 0.29) is 0 Å². The fourth-order valence-electron chi connectivity index (χ4n) is 1.05. The Morgan fingerprint density at radius 3 is 2.40 bits per heavy atom. The largest absolute Gasteiger partial charge is 0.385 e. The second-order valence-electron chi connectivity index (χ2n) is 3.46. The molecule has 0 aromatic heterocycles. The average molecular weight is 283 g/mol. The van der Waals surface area contributed by atoms with Gasteiger partial charge in [-0.25, -0.2) is 0 Å². The molecule has 3 nitrogen and oxygen atoms in total. The van der Waals surface area contributed by atoms with Crippen LogP contribution in [0.5, 0.6) is 0 Å². The lowest BCUT2D eigenvalue weighted by molar-refractivity contribution is 0.0298. The molecule has 0 aromatic rings. The van der Waals surface area contributed by atoms with E-state index in [2.05, 4.69) is 22.9 Å². The molecule has 0 N–H and O–H groups in total. The van der Waals surface area contributed by atoms with Gasteiger partial charge in [0.2, 0.25) is 0 Å². The Labute approximate surface area is 102 Å². The molecule has 0 aliphatic rings. The van der Waals surface area contributed by atoms with E-state index in [1.807, 2.05) is 0 Å². The highest BCUT2D eigenvalue weighted by molar-refractivity contribution is 9.09. The predicted octanol–water partition coefficient (Wildman–Crippen LogP) is 2.48. The Morgan fingerprint density at radius 1 is 1.07 bits per heavy atom. The summed E-state index contributed by atoms with van der Waals surface area (Å²) < 4.78 is 15.8. The van der Waals surface area contributed by atoms with Crippen molar-refractivity contribution in [3.05, 3.63) is 0 Å². The van der Waals surface area contributed by atoms with Gasteiger partial charge in [0.05, 0.1) is 19.8 Å². The summed E-state index contributed by atoms with van der Waals surface area (Å²) in [6, 6.07) is 0. The van der Waals surface area contributed by atoms with E-state index in [1.165, 1.54) is 0 Å². The summed E-state index contributed by atoms with van der Waals surface area (Å²) >= 11 is 3.46. The molecule has 0 bridgehead atoms. The van der Waals surface area contributed by atoms with Gasteiger partial charge in [-0.2, -0.15) is 0 Å². The van der Waals surface area contributed by atoms with Crippen molar-refractivity contribution in [2.24, 2.45) is 5.92 Å². The maximum atomic E-state index is 5.50. The van der Waals surface area contributed by atoms with E-state index in [4.69, 9.17) is 14.2 Å². The number of hydrogen-bond acceptors (Lipinski definition) is 3. The smallest absolute Gasteiger partial charge is 0.0700 e. The van der Waals surface area contributed by atoms with E-state index in [1.54, 1.807) is 7.11 Å². The monoisotopic (exact) mass is 282 g/mol. The zero-order valence-corrected chi connectivity index (χ0v) is 11.4. The number of halogens is 1. The van der Waals surface area contributed by atoms with E-state index >= 15 is 0 Å². The summed E-state index contributed by atoms with van der Waals surface area (Å²) in [7, 11) is 1.70. The molecule has 15 heavy (non-hydrogen) atoms. The van der Waals surface area contributed by atoms with E-state index in [0.717, 1.165) is 38.0 Å². The van der Waals surface area contributed by atoms with Crippen LogP contribution in [-0.2, 0) is 14.2 Å². The van der Waals surface area contributed by atoms with Gasteiger partial charge in [0.25, 0.3) is 0 Å². The van der Waals surface area contributed by atoms with Crippen LogP contribution in [0.3, 0.4) is 0 Å². The van der Waals surface area contributed by atoms with Crippen molar-refractivity contribution in [1.82, 2.24) is 0 Å². The summed E-state index contributed by atoms with van der Waals surface area (Å²) in [5, 5.41) is 1.01. The van der Waals surface area contributed by atoms with Crippen LogP contribution in [-0.4, -0.2) is 45.5 Å². The van der Waals surface area contributed by atoms with Gasteiger partial charge in [-0.1, -0.05) is 29.3 Å². The third-order valence-electron chi connectivity index (χ3n) is 2.16. The number of hydrogen-bond donors (Lipinski definition) is 0. The quantitative estimate of drug-likeness (QED) is 0.430. The summed E-state index contributed by atoms with van der Waals surface area (Å²) in [5.74, 6) is 0.624. The summed E-state index contributed by atoms with van der Waals surface area (Å²) in [6.07, 6.45) is 2.11. The first-order chi connectivity index (χ1) is 7.35. The van der Waals surface area contributed by atoms with Crippen molar-refractivity contribution in [1.29, 1.82) is 0 Å². The molecule has 0 aromatic carbocycles. The predicted molar refractivity (Wildman–Crippen MR) is 65.7 cm³/mol. The van der Waals surface area contributed by atoms with E-state index in [9.17, 15) is 0 Å². The molecule has 0 radical (unpaired) electrons. The Balaban J connectivity index is 3.04. The average Bonchev–Trinajstić information content (AvgIpc) is 2.27. The topological polar surface area (TPSA) is 27.7 Å². The molecule has 0 aliphatic heterocycles. The second kappa shape index (κ2) is 12.4. The van der Waals surface area contributed by atoms with Crippen LogP contribution in [0.2, 0.25) is 0 Å². The Kier molecular flexibility index (Phi) is 12.7. The fraction of sp³-hybridized carbons (Fsp3) is 1.00. The molecule has 4 heteroatoms. The van der Waals surface area contributed by atoms with Crippen LogP contribution in [0.1, 0.15) is 19.8 Å². The van der Waals surface area contributed by atoms with Crippen LogP contribution < -0.4 is 0 Å². The highest BCUT2D eigenvalue weighted by atomic mass is 79.9.